The van der Waals surface area contributed by atoms with Gasteiger partial charge in [0.25, 0.3) is 0 Å². The van der Waals surface area contributed by atoms with Crippen molar-refractivity contribution in [1.82, 2.24) is 0 Å². The van der Waals surface area contributed by atoms with Crippen LogP contribution in [-0.4, -0.2) is 8.07 Å². The van der Waals surface area contributed by atoms with Crippen LogP contribution in [0.1, 0.15) is 41.5 Å². The fourth-order valence-electron chi connectivity index (χ4n) is 4.05. The summed E-state index contributed by atoms with van der Waals surface area (Å²) in [4.78, 5) is 0. The van der Waals surface area contributed by atoms with E-state index in [9.17, 15) is 0 Å². The molecule has 0 unspecified atom stereocenters. The first kappa shape index (κ1) is 14.4. The molecule has 1 aromatic heterocycles. The van der Waals surface area contributed by atoms with Crippen molar-refractivity contribution in [3.05, 3.63) is 30.3 Å². The van der Waals surface area contributed by atoms with Gasteiger partial charge in [-0.3, -0.25) is 0 Å². The minimum Gasteiger partial charge on any atom is -0.466 e. The van der Waals surface area contributed by atoms with Crippen molar-refractivity contribution in [1.29, 1.82) is 0 Å². The third-order valence-corrected chi connectivity index (χ3v) is 11.6. The van der Waals surface area contributed by atoms with Gasteiger partial charge in [-0.25, -0.2) is 0 Å². The Hall–Kier alpha value is -1.02. The van der Waals surface area contributed by atoms with Crippen LogP contribution in [0, 0.1) is 0 Å². The molecule has 19 heavy (non-hydrogen) atoms. The van der Waals surface area contributed by atoms with Crippen molar-refractivity contribution in [3.8, 4) is 0 Å². The van der Waals surface area contributed by atoms with Gasteiger partial charge in [-0.2, -0.15) is 0 Å². The minimum absolute atomic E-state index is 0.688. The maximum atomic E-state index is 6.28. The van der Waals surface area contributed by atoms with E-state index in [1.54, 1.807) is 0 Å². The molecule has 2 rings (SSSR count). The Kier molecular flexibility index (Phi) is 3.91. The first-order valence-corrected chi connectivity index (χ1v) is 9.63. The van der Waals surface area contributed by atoms with Crippen molar-refractivity contribution in [3.63, 3.8) is 0 Å². The molecule has 0 aliphatic rings. The van der Waals surface area contributed by atoms with Gasteiger partial charge in [0, 0.05) is 5.39 Å². The quantitative estimate of drug-likeness (QED) is 0.688. The molecule has 2 aromatic rings. The van der Waals surface area contributed by atoms with E-state index in [0.29, 0.717) is 16.6 Å². The van der Waals surface area contributed by atoms with Gasteiger partial charge < -0.3 is 4.42 Å². The SMILES string of the molecule is CC(C)[Si](c1cc2ccccc2o1)(C(C)C)C(C)C. The lowest BCUT2D eigenvalue weighted by molar-refractivity contribution is 0.634. The average Bonchev–Trinajstić information content (AvgIpc) is 2.71. The molecule has 2 heteroatoms. The molecule has 0 aliphatic heterocycles. The van der Waals surface area contributed by atoms with Crippen LogP contribution in [0.15, 0.2) is 34.7 Å². The predicted octanol–water partition coefficient (Wildman–Crippen LogP) is 5.32. The van der Waals surface area contributed by atoms with Crippen LogP contribution in [-0.2, 0) is 0 Å². The summed E-state index contributed by atoms with van der Waals surface area (Å²) in [6.07, 6.45) is 0. The fraction of sp³-hybridized carbons (Fsp3) is 0.529. The van der Waals surface area contributed by atoms with E-state index in [4.69, 9.17) is 4.42 Å². The van der Waals surface area contributed by atoms with E-state index in [-0.39, 0.29) is 0 Å². The molecule has 1 nitrogen and oxygen atoms in total. The summed E-state index contributed by atoms with van der Waals surface area (Å²) in [5, 5.41) is 2.53. The topological polar surface area (TPSA) is 13.1 Å². The number of benzene rings is 1. The zero-order valence-electron chi connectivity index (χ0n) is 13.0. The Morgan fingerprint density at radius 1 is 0.842 bits per heavy atom. The number of rotatable bonds is 4. The lowest BCUT2D eigenvalue weighted by atomic mass is 10.3. The van der Waals surface area contributed by atoms with Crippen molar-refractivity contribution in [2.24, 2.45) is 0 Å². The second kappa shape index (κ2) is 5.16. The van der Waals surface area contributed by atoms with E-state index in [2.05, 4.69) is 71.9 Å². The number of para-hydroxylation sites is 1. The summed E-state index contributed by atoms with van der Waals surface area (Å²) in [5.74, 6) is 0. The minimum atomic E-state index is -1.65. The van der Waals surface area contributed by atoms with Gasteiger partial charge in [0.2, 0.25) is 0 Å². The molecule has 0 bridgehead atoms. The number of hydrogen-bond donors (Lipinski definition) is 0. The Morgan fingerprint density at radius 3 is 1.84 bits per heavy atom. The summed E-state index contributed by atoms with van der Waals surface area (Å²) in [6.45, 7) is 14.2. The largest absolute Gasteiger partial charge is 0.466 e. The molecule has 0 fully saturated rings. The van der Waals surface area contributed by atoms with Crippen LogP contribution in [0.3, 0.4) is 0 Å². The van der Waals surface area contributed by atoms with Gasteiger partial charge in [-0.05, 0) is 28.8 Å². The molecule has 0 saturated heterocycles. The van der Waals surface area contributed by atoms with E-state index in [1.165, 1.54) is 10.8 Å². The molecule has 0 N–H and O–H groups in total. The maximum Gasteiger partial charge on any atom is 0.140 e. The van der Waals surface area contributed by atoms with E-state index < -0.39 is 8.07 Å². The highest BCUT2D eigenvalue weighted by Gasteiger charge is 2.47. The van der Waals surface area contributed by atoms with Gasteiger partial charge in [0.05, 0.1) is 5.38 Å². The second-order valence-electron chi connectivity index (χ2n) is 6.55. The van der Waals surface area contributed by atoms with Crippen LogP contribution in [0.4, 0.5) is 0 Å². The summed E-state index contributed by atoms with van der Waals surface area (Å²) in [7, 11) is -1.65. The number of fused-ring (bicyclic) bond motifs is 1. The highest BCUT2D eigenvalue weighted by Crippen LogP contribution is 2.41. The summed E-state index contributed by atoms with van der Waals surface area (Å²) in [5.41, 5.74) is 3.10. The Morgan fingerprint density at radius 2 is 1.37 bits per heavy atom. The average molecular weight is 274 g/mol. The smallest absolute Gasteiger partial charge is 0.140 e. The van der Waals surface area contributed by atoms with Gasteiger partial charge >= 0.3 is 0 Å². The van der Waals surface area contributed by atoms with Crippen molar-refractivity contribution in [2.45, 2.75) is 58.2 Å². The molecule has 0 amide bonds. The molecule has 0 saturated carbocycles. The Balaban J connectivity index is 2.66. The van der Waals surface area contributed by atoms with E-state index >= 15 is 0 Å². The first-order valence-electron chi connectivity index (χ1n) is 7.39. The fourth-order valence-corrected chi connectivity index (χ4v) is 10.4. The molecule has 1 aromatic carbocycles. The predicted molar refractivity (Wildman–Crippen MR) is 86.9 cm³/mol. The molecular weight excluding hydrogens is 248 g/mol. The van der Waals surface area contributed by atoms with Crippen LogP contribution in [0.2, 0.25) is 16.6 Å². The van der Waals surface area contributed by atoms with Crippen molar-refractivity contribution < 1.29 is 4.42 Å². The van der Waals surface area contributed by atoms with Crippen LogP contribution < -0.4 is 5.38 Å². The highest BCUT2D eigenvalue weighted by atomic mass is 28.3. The molecule has 0 atom stereocenters. The maximum absolute atomic E-state index is 6.28. The molecule has 0 spiro atoms. The molecule has 0 aliphatic carbocycles. The summed E-state index contributed by atoms with van der Waals surface area (Å²) >= 11 is 0. The standard InChI is InChI=1S/C17H26OSi/c1-12(2)19(13(3)4,14(5)6)17-11-15-9-7-8-10-16(15)18-17/h7-14H,1-6H3. The Labute approximate surface area is 118 Å². The van der Waals surface area contributed by atoms with Gasteiger partial charge in [-0.15, -0.1) is 0 Å². The lowest BCUT2D eigenvalue weighted by Gasteiger charge is -2.40. The van der Waals surface area contributed by atoms with Crippen LogP contribution in [0.25, 0.3) is 11.0 Å². The zero-order chi connectivity index (χ0) is 14.2. The summed E-state index contributed by atoms with van der Waals surface area (Å²) < 4.78 is 6.28. The summed E-state index contributed by atoms with van der Waals surface area (Å²) in [6, 6.07) is 10.7. The van der Waals surface area contributed by atoms with Crippen LogP contribution in [0.5, 0.6) is 0 Å². The highest BCUT2D eigenvalue weighted by molar-refractivity contribution is 6.94. The molecule has 0 radical (unpaired) electrons. The van der Waals surface area contributed by atoms with Gasteiger partial charge in [0.15, 0.2) is 0 Å². The first-order chi connectivity index (χ1) is 8.90. The molecule has 1 heterocycles. The second-order valence-corrected chi connectivity index (χ2v) is 12.4. The lowest BCUT2D eigenvalue weighted by Crippen LogP contribution is -2.55. The Bertz CT molecular complexity index is 496. The van der Waals surface area contributed by atoms with Crippen molar-refractivity contribution >= 4 is 24.4 Å². The zero-order valence-corrected chi connectivity index (χ0v) is 14.0. The van der Waals surface area contributed by atoms with Gasteiger partial charge in [-0.1, -0.05) is 59.7 Å². The molecular formula is C17H26OSi. The van der Waals surface area contributed by atoms with Crippen molar-refractivity contribution in [2.75, 3.05) is 0 Å². The third-order valence-electron chi connectivity index (χ3n) is 4.72. The van der Waals surface area contributed by atoms with Gasteiger partial charge in [0.1, 0.15) is 13.7 Å². The van der Waals surface area contributed by atoms with E-state index in [0.717, 1.165) is 5.58 Å². The number of furan rings is 1. The van der Waals surface area contributed by atoms with Crippen LogP contribution >= 0.6 is 0 Å². The third kappa shape index (κ3) is 2.16. The number of hydrogen-bond acceptors (Lipinski definition) is 1. The monoisotopic (exact) mass is 274 g/mol. The molecule has 104 valence electrons. The normalized spacial score (nSPS) is 13.1. The van der Waals surface area contributed by atoms with E-state index in [1.807, 2.05) is 0 Å².